The van der Waals surface area contributed by atoms with Gasteiger partial charge in [-0.15, -0.1) is 0 Å². The van der Waals surface area contributed by atoms with E-state index in [9.17, 15) is 13.2 Å². The van der Waals surface area contributed by atoms with Crippen molar-refractivity contribution < 1.29 is 13.2 Å². The Labute approximate surface area is 130 Å². The fourth-order valence-corrected chi connectivity index (χ4v) is 7.75. The van der Waals surface area contributed by atoms with Crippen molar-refractivity contribution in [2.75, 3.05) is 0 Å². The molecule has 2 aromatic carbocycles. The standard InChI is InChI=1S/C17H18F3I/c1-11-5-7-13(3)15(9-11)21(17(18,19)20)16-10-12(2)6-8-14(16)4/h5-10H,1-4H3. The summed E-state index contributed by atoms with van der Waals surface area (Å²) in [5.74, 6) is 0. The third-order valence-electron chi connectivity index (χ3n) is 3.28. The molecular formula is C17H18F3I. The summed E-state index contributed by atoms with van der Waals surface area (Å²) in [6.07, 6.45) is 0. The molecule has 0 amide bonds. The molecular weight excluding hydrogens is 388 g/mol. The van der Waals surface area contributed by atoms with Crippen molar-refractivity contribution in [3.05, 3.63) is 65.8 Å². The van der Waals surface area contributed by atoms with Gasteiger partial charge in [0.1, 0.15) is 0 Å². The molecule has 0 unspecified atom stereocenters. The molecule has 0 saturated heterocycles. The second-order valence-electron chi connectivity index (χ2n) is 5.22. The number of hydrogen-bond acceptors (Lipinski definition) is 0. The molecule has 0 radical (unpaired) electrons. The van der Waals surface area contributed by atoms with Crippen LogP contribution in [0.15, 0.2) is 36.4 Å². The van der Waals surface area contributed by atoms with Gasteiger partial charge in [-0.2, -0.15) is 0 Å². The molecule has 0 N–H and O–H groups in total. The monoisotopic (exact) mass is 406 g/mol. The Hall–Kier alpha value is -1.04. The zero-order valence-corrected chi connectivity index (χ0v) is 14.6. The van der Waals surface area contributed by atoms with Crippen molar-refractivity contribution in [2.24, 2.45) is 0 Å². The van der Waals surface area contributed by atoms with E-state index in [1.54, 1.807) is 38.1 Å². The Morgan fingerprint density at radius 2 is 1.10 bits per heavy atom. The Bertz CT molecular complexity index is 608. The predicted molar refractivity (Wildman–Crippen MR) is 89.3 cm³/mol. The number of benzene rings is 2. The van der Waals surface area contributed by atoms with Crippen molar-refractivity contribution in [1.82, 2.24) is 0 Å². The van der Waals surface area contributed by atoms with Gasteiger partial charge in [0.25, 0.3) is 0 Å². The summed E-state index contributed by atoms with van der Waals surface area (Å²) in [6, 6.07) is 10.8. The van der Waals surface area contributed by atoms with Crippen molar-refractivity contribution in [3.63, 3.8) is 0 Å². The molecule has 21 heavy (non-hydrogen) atoms. The first-order valence-corrected chi connectivity index (χ1v) is 9.85. The van der Waals surface area contributed by atoms with E-state index >= 15 is 0 Å². The Morgan fingerprint density at radius 3 is 1.43 bits per heavy atom. The van der Waals surface area contributed by atoms with Gasteiger partial charge in [0.05, 0.1) is 0 Å². The second-order valence-corrected chi connectivity index (χ2v) is 10.4. The van der Waals surface area contributed by atoms with Crippen LogP contribution in [-0.2, 0) is 0 Å². The fourth-order valence-electron chi connectivity index (χ4n) is 2.14. The van der Waals surface area contributed by atoms with E-state index in [4.69, 9.17) is 0 Å². The van der Waals surface area contributed by atoms with Gasteiger partial charge in [0.2, 0.25) is 0 Å². The van der Waals surface area contributed by atoms with Crippen molar-refractivity contribution in [3.8, 4) is 0 Å². The summed E-state index contributed by atoms with van der Waals surface area (Å²) in [5, 5.41) is 0. The predicted octanol–water partition coefficient (Wildman–Crippen LogP) is 5.99. The SMILES string of the molecule is Cc1ccc(C)c(I(c2cc(C)ccc2C)C(F)(F)F)c1. The number of rotatable bonds is 2. The Balaban J connectivity index is 2.70. The molecule has 0 aliphatic rings. The van der Waals surface area contributed by atoms with Crippen LogP contribution < -0.4 is 0 Å². The molecule has 0 spiro atoms. The van der Waals surface area contributed by atoms with Gasteiger partial charge in [-0.3, -0.25) is 0 Å². The van der Waals surface area contributed by atoms with Gasteiger partial charge >= 0.3 is 131 Å². The molecule has 0 atom stereocenters. The van der Waals surface area contributed by atoms with Crippen LogP contribution in [0.25, 0.3) is 0 Å². The van der Waals surface area contributed by atoms with E-state index < -0.39 is 24.0 Å². The molecule has 4 heteroatoms. The summed E-state index contributed by atoms with van der Waals surface area (Å²) in [7, 11) is 0. The maximum atomic E-state index is 13.8. The van der Waals surface area contributed by atoms with Crippen LogP contribution in [0.4, 0.5) is 13.2 Å². The quantitative estimate of drug-likeness (QED) is 0.425. The number of halogens is 4. The van der Waals surface area contributed by atoms with Crippen molar-refractivity contribution in [1.29, 1.82) is 0 Å². The van der Waals surface area contributed by atoms with Gasteiger partial charge in [0, 0.05) is 0 Å². The van der Waals surface area contributed by atoms with Gasteiger partial charge in [-0.05, 0) is 0 Å². The first-order valence-electron chi connectivity index (χ1n) is 6.61. The van der Waals surface area contributed by atoms with Crippen LogP contribution in [0.3, 0.4) is 0 Å². The molecule has 0 bridgehead atoms. The zero-order valence-electron chi connectivity index (χ0n) is 12.5. The molecule has 2 rings (SSSR count). The van der Waals surface area contributed by atoms with Crippen LogP contribution in [0.1, 0.15) is 22.3 Å². The molecule has 0 aliphatic heterocycles. The van der Waals surface area contributed by atoms with Crippen molar-refractivity contribution >= 4 is 19.8 Å². The minimum absolute atomic E-state index is 0.500. The third kappa shape index (κ3) is 3.59. The van der Waals surface area contributed by atoms with E-state index in [-0.39, 0.29) is 0 Å². The number of alkyl halides is 4. The molecule has 0 heterocycles. The Kier molecular flexibility index (Phi) is 4.66. The van der Waals surface area contributed by atoms with Gasteiger partial charge in [-0.25, -0.2) is 0 Å². The fraction of sp³-hybridized carbons (Fsp3) is 0.294. The average Bonchev–Trinajstić information content (AvgIpc) is 2.36. The zero-order chi connectivity index (χ0) is 15.8. The van der Waals surface area contributed by atoms with Crippen molar-refractivity contribution in [2.45, 2.75) is 31.9 Å². The molecule has 0 fully saturated rings. The van der Waals surface area contributed by atoms with Crippen LogP contribution in [0.2, 0.25) is 0 Å². The van der Waals surface area contributed by atoms with Crippen LogP contribution in [-0.4, -0.2) is 4.18 Å². The number of hydrogen-bond donors (Lipinski definition) is 0. The van der Waals surface area contributed by atoms with E-state index in [1.807, 2.05) is 26.0 Å². The summed E-state index contributed by atoms with van der Waals surface area (Å²) >= 11 is -3.49. The second kappa shape index (κ2) is 5.99. The minimum atomic E-state index is -4.15. The third-order valence-corrected chi connectivity index (χ3v) is 9.15. The summed E-state index contributed by atoms with van der Waals surface area (Å²) in [6.45, 7) is 7.24. The molecule has 0 nitrogen and oxygen atoms in total. The topological polar surface area (TPSA) is 0 Å². The molecule has 0 saturated carbocycles. The first-order chi connectivity index (χ1) is 9.70. The van der Waals surface area contributed by atoms with Gasteiger partial charge in [0.15, 0.2) is 0 Å². The van der Waals surface area contributed by atoms with Crippen LogP contribution >= 0.6 is 19.8 Å². The molecule has 0 aromatic heterocycles. The molecule has 0 aliphatic carbocycles. The first kappa shape index (κ1) is 16.3. The maximum absolute atomic E-state index is 13.8. The summed E-state index contributed by atoms with van der Waals surface area (Å²) in [5.41, 5.74) is 3.24. The van der Waals surface area contributed by atoms with Crippen LogP contribution in [0.5, 0.6) is 0 Å². The summed E-state index contributed by atoms with van der Waals surface area (Å²) < 4.78 is 38.2. The van der Waals surface area contributed by atoms with Gasteiger partial charge < -0.3 is 0 Å². The van der Waals surface area contributed by atoms with Gasteiger partial charge in [-0.1, -0.05) is 0 Å². The number of aryl methyl sites for hydroxylation is 4. The molecule has 114 valence electrons. The molecule has 2 aromatic rings. The average molecular weight is 406 g/mol. The Morgan fingerprint density at radius 1 is 0.714 bits per heavy atom. The van der Waals surface area contributed by atoms with E-state index in [0.717, 1.165) is 22.3 Å². The van der Waals surface area contributed by atoms with Crippen LogP contribution in [0, 0.1) is 34.8 Å². The summed E-state index contributed by atoms with van der Waals surface area (Å²) in [4.78, 5) is 0. The van der Waals surface area contributed by atoms with E-state index in [0.29, 0.717) is 7.14 Å². The van der Waals surface area contributed by atoms with E-state index in [2.05, 4.69) is 0 Å². The normalized spacial score (nSPS) is 12.4. The van der Waals surface area contributed by atoms with E-state index in [1.165, 1.54) is 0 Å².